The zero-order valence-electron chi connectivity index (χ0n) is 13.2. The average Bonchev–Trinajstić information content (AvgIpc) is 2.63. The number of fused-ring (bicyclic) bond motifs is 1. The van der Waals surface area contributed by atoms with E-state index in [9.17, 15) is 19.3 Å². The number of carbonyl (C=O) groups is 1. The first-order valence-electron chi connectivity index (χ1n) is 7.49. The van der Waals surface area contributed by atoms with Crippen LogP contribution in [-0.2, 0) is 4.79 Å². The van der Waals surface area contributed by atoms with Crippen molar-refractivity contribution in [1.82, 2.24) is 0 Å². The van der Waals surface area contributed by atoms with Gasteiger partial charge < -0.3 is 10.1 Å². The van der Waals surface area contributed by atoms with Crippen molar-refractivity contribution in [2.24, 2.45) is 0 Å². The minimum Gasteiger partial charge on any atom is -0.483 e. The van der Waals surface area contributed by atoms with E-state index in [0.717, 1.165) is 27.4 Å². The lowest BCUT2D eigenvalue weighted by molar-refractivity contribution is -0.387. The molecule has 0 radical (unpaired) electrons. The molecule has 0 heterocycles. The molecular weight excluding hydrogens is 407 g/mol. The number of carbonyl (C=O) groups excluding carboxylic acids is 1. The van der Waals surface area contributed by atoms with Crippen LogP contribution >= 0.6 is 15.9 Å². The number of nitrogens with one attached hydrogen (secondary N) is 1. The number of rotatable bonds is 5. The molecule has 3 rings (SSSR count). The Morgan fingerprint density at radius 2 is 1.96 bits per heavy atom. The van der Waals surface area contributed by atoms with Crippen molar-refractivity contribution in [3.63, 3.8) is 0 Å². The van der Waals surface area contributed by atoms with Crippen molar-refractivity contribution in [1.29, 1.82) is 0 Å². The largest absolute Gasteiger partial charge is 0.483 e. The lowest BCUT2D eigenvalue weighted by Crippen LogP contribution is -2.20. The minimum atomic E-state index is -0.968. The number of halogens is 2. The Morgan fingerprint density at radius 1 is 1.19 bits per heavy atom. The second-order valence-electron chi connectivity index (χ2n) is 5.36. The van der Waals surface area contributed by atoms with E-state index in [1.54, 1.807) is 6.07 Å². The van der Waals surface area contributed by atoms with Crippen LogP contribution in [0.5, 0.6) is 5.75 Å². The number of ether oxygens (including phenoxy) is 1. The van der Waals surface area contributed by atoms with Gasteiger partial charge in [-0.25, -0.2) is 0 Å². The van der Waals surface area contributed by atoms with Gasteiger partial charge in [-0.2, -0.15) is 4.39 Å². The van der Waals surface area contributed by atoms with Crippen LogP contribution < -0.4 is 10.1 Å². The molecule has 0 unspecified atom stereocenters. The second-order valence-corrected chi connectivity index (χ2v) is 6.15. The van der Waals surface area contributed by atoms with E-state index in [1.807, 2.05) is 30.3 Å². The number of hydrogen-bond donors (Lipinski definition) is 1. The predicted molar refractivity (Wildman–Crippen MR) is 98.8 cm³/mol. The molecule has 132 valence electrons. The lowest BCUT2D eigenvalue weighted by atomic mass is 10.1. The highest BCUT2D eigenvalue weighted by Gasteiger charge is 2.15. The zero-order chi connectivity index (χ0) is 18.7. The summed E-state index contributed by atoms with van der Waals surface area (Å²) in [6.07, 6.45) is 0. The fourth-order valence-electron chi connectivity index (χ4n) is 2.40. The quantitative estimate of drug-likeness (QED) is 0.482. The summed E-state index contributed by atoms with van der Waals surface area (Å²) in [5.41, 5.74) is -0.592. The molecule has 0 atom stereocenters. The van der Waals surface area contributed by atoms with Gasteiger partial charge in [0.2, 0.25) is 5.82 Å². The summed E-state index contributed by atoms with van der Waals surface area (Å²) in [7, 11) is 0. The summed E-state index contributed by atoms with van der Waals surface area (Å²) >= 11 is 3.46. The topological polar surface area (TPSA) is 81.5 Å². The molecular formula is C18H12BrFN2O4. The summed E-state index contributed by atoms with van der Waals surface area (Å²) in [6, 6.07) is 14.4. The van der Waals surface area contributed by atoms with Crippen molar-refractivity contribution in [2.45, 2.75) is 0 Å². The van der Waals surface area contributed by atoms with Crippen LogP contribution in [0.4, 0.5) is 15.8 Å². The Morgan fingerprint density at radius 3 is 2.73 bits per heavy atom. The predicted octanol–water partition coefficient (Wildman–Crippen LogP) is 4.67. The number of amides is 1. The number of nitro groups is 1. The smallest absolute Gasteiger partial charge is 0.306 e. The molecule has 26 heavy (non-hydrogen) atoms. The molecule has 0 aliphatic carbocycles. The average molecular weight is 419 g/mol. The van der Waals surface area contributed by atoms with Crippen LogP contribution in [-0.4, -0.2) is 17.4 Å². The van der Waals surface area contributed by atoms with E-state index in [2.05, 4.69) is 21.2 Å². The third kappa shape index (κ3) is 3.80. The van der Waals surface area contributed by atoms with Gasteiger partial charge in [0.05, 0.1) is 9.40 Å². The second kappa shape index (κ2) is 7.49. The first kappa shape index (κ1) is 17.8. The number of hydrogen-bond acceptors (Lipinski definition) is 4. The van der Waals surface area contributed by atoms with E-state index in [4.69, 9.17) is 4.74 Å². The van der Waals surface area contributed by atoms with Crippen LogP contribution in [0.2, 0.25) is 0 Å². The molecule has 0 fully saturated rings. The number of nitrogens with zero attached hydrogens (tertiary/aromatic N) is 1. The fraction of sp³-hybridized carbons (Fsp3) is 0.0556. The first-order valence-corrected chi connectivity index (χ1v) is 8.29. The molecule has 0 spiro atoms. The minimum absolute atomic E-state index is 0.115. The highest BCUT2D eigenvalue weighted by Crippen LogP contribution is 2.33. The van der Waals surface area contributed by atoms with Gasteiger partial charge in [-0.1, -0.05) is 30.3 Å². The van der Waals surface area contributed by atoms with Crippen LogP contribution in [0, 0.1) is 15.9 Å². The van der Waals surface area contributed by atoms with Crippen molar-refractivity contribution in [2.75, 3.05) is 11.9 Å². The molecule has 0 bridgehead atoms. The summed E-state index contributed by atoms with van der Waals surface area (Å²) in [6.45, 7) is -0.303. The summed E-state index contributed by atoms with van der Waals surface area (Å²) in [5.74, 6) is -1.00. The molecule has 8 heteroatoms. The summed E-state index contributed by atoms with van der Waals surface area (Å²) < 4.78 is 19.6. The van der Waals surface area contributed by atoms with E-state index in [-0.39, 0.29) is 12.3 Å². The van der Waals surface area contributed by atoms with E-state index < -0.39 is 22.3 Å². The molecule has 0 saturated heterocycles. The molecule has 6 nitrogen and oxygen atoms in total. The highest BCUT2D eigenvalue weighted by atomic mass is 79.9. The van der Waals surface area contributed by atoms with Crippen LogP contribution in [0.25, 0.3) is 10.8 Å². The molecule has 3 aromatic carbocycles. The molecule has 0 aliphatic rings. The van der Waals surface area contributed by atoms with Gasteiger partial charge >= 0.3 is 5.69 Å². The maximum absolute atomic E-state index is 13.3. The molecule has 0 saturated carbocycles. The van der Waals surface area contributed by atoms with E-state index in [1.165, 1.54) is 6.07 Å². The van der Waals surface area contributed by atoms with Gasteiger partial charge in [0.25, 0.3) is 5.91 Å². The SMILES string of the molecule is O=C(COc1ccc2ccccc2c1Br)Nc1ccc(F)c([N+](=O)[O-])c1. The fourth-order valence-corrected chi connectivity index (χ4v) is 3.00. The Hall–Kier alpha value is -3.00. The number of nitro benzene ring substituents is 1. The Kier molecular flexibility index (Phi) is 5.13. The maximum Gasteiger partial charge on any atom is 0.306 e. The highest BCUT2D eigenvalue weighted by molar-refractivity contribution is 9.10. The van der Waals surface area contributed by atoms with E-state index >= 15 is 0 Å². The van der Waals surface area contributed by atoms with Crippen molar-refractivity contribution >= 4 is 44.0 Å². The molecule has 0 aromatic heterocycles. The number of anilines is 1. The van der Waals surface area contributed by atoms with Gasteiger partial charge in [-0.3, -0.25) is 14.9 Å². The van der Waals surface area contributed by atoms with Crippen LogP contribution in [0.15, 0.2) is 59.1 Å². The molecule has 1 amide bonds. The molecule has 3 aromatic rings. The van der Waals surface area contributed by atoms with E-state index in [0.29, 0.717) is 5.75 Å². The maximum atomic E-state index is 13.3. The normalized spacial score (nSPS) is 10.5. The lowest BCUT2D eigenvalue weighted by Gasteiger charge is -2.11. The van der Waals surface area contributed by atoms with Crippen LogP contribution in [0.1, 0.15) is 0 Å². The van der Waals surface area contributed by atoms with Gasteiger partial charge in [0, 0.05) is 11.8 Å². The zero-order valence-corrected chi connectivity index (χ0v) is 14.8. The number of benzene rings is 3. The molecule has 0 aliphatic heterocycles. The van der Waals surface area contributed by atoms with Gasteiger partial charge in [-0.15, -0.1) is 0 Å². The van der Waals surface area contributed by atoms with Crippen molar-refractivity contribution < 1.29 is 18.8 Å². The third-order valence-corrected chi connectivity index (χ3v) is 4.43. The Bertz CT molecular complexity index is 1010. The van der Waals surface area contributed by atoms with Crippen molar-refractivity contribution in [3.8, 4) is 5.75 Å². The van der Waals surface area contributed by atoms with Crippen LogP contribution in [0.3, 0.4) is 0 Å². The standard InChI is InChI=1S/C18H12BrFN2O4/c19-18-13-4-2-1-3-11(13)5-8-16(18)26-10-17(23)21-12-6-7-14(20)15(9-12)22(24)25/h1-9H,10H2,(H,21,23). The van der Waals surface area contributed by atoms with Gasteiger partial charge in [0.15, 0.2) is 6.61 Å². The summed E-state index contributed by atoms with van der Waals surface area (Å²) in [5, 5.41) is 15.1. The first-order chi connectivity index (χ1) is 12.5. The van der Waals surface area contributed by atoms with Crippen molar-refractivity contribution in [3.05, 3.63) is 75.0 Å². The van der Waals surface area contributed by atoms with Gasteiger partial charge in [0.1, 0.15) is 5.75 Å². The Labute approximate surface area is 155 Å². The monoisotopic (exact) mass is 418 g/mol. The summed E-state index contributed by atoms with van der Waals surface area (Å²) in [4.78, 5) is 21.9. The Balaban J connectivity index is 1.69. The molecule has 1 N–H and O–H groups in total. The van der Waals surface area contributed by atoms with Gasteiger partial charge in [-0.05, 0) is 44.9 Å². The third-order valence-electron chi connectivity index (χ3n) is 3.61.